The van der Waals surface area contributed by atoms with Crippen molar-refractivity contribution in [2.75, 3.05) is 7.11 Å². The molecule has 3 aromatic rings. The Bertz CT molecular complexity index is 1220. The first-order valence-electron chi connectivity index (χ1n) is 7.75. The Kier molecular flexibility index (Phi) is 8.11. The van der Waals surface area contributed by atoms with E-state index in [1.807, 2.05) is 0 Å². The molecule has 9 nitrogen and oxygen atoms in total. The van der Waals surface area contributed by atoms with Gasteiger partial charge in [0.1, 0.15) is 6.33 Å². The first-order valence-corrected chi connectivity index (χ1v) is 11.2. The standard InChI is InChI=1S/C16H14ClFN3O6PS.Ca/c1-27-14-7-2-10(8-13(14)18)15-16(17)19-9-21(15)11-3-5-12(6-4-11)29(25,26)20-28(22,23)24;/h2-9H,1H3,(H3,20,22,23,24);/q;+2/p-2. The molecule has 0 saturated heterocycles. The van der Waals surface area contributed by atoms with Gasteiger partial charge < -0.3 is 19.1 Å². The van der Waals surface area contributed by atoms with Crippen LogP contribution in [0.5, 0.6) is 5.75 Å². The molecule has 1 heterocycles. The molecule has 0 unspecified atom stereocenters. The van der Waals surface area contributed by atoms with E-state index in [9.17, 15) is 27.2 Å². The Morgan fingerprint density at radius 2 is 1.83 bits per heavy atom. The summed E-state index contributed by atoms with van der Waals surface area (Å²) in [6, 6.07) is 9.08. The normalized spacial score (nSPS) is 11.8. The van der Waals surface area contributed by atoms with Crippen LogP contribution in [0, 0.1) is 5.82 Å². The van der Waals surface area contributed by atoms with Crippen LogP contribution in [0.4, 0.5) is 4.39 Å². The quantitative estimate of drug-likeness (QED) is 0.395. The summed E-state index contributed by atoms with van der Waals surface area (Å²) in [5, 5.41) is 0.0755. The molecule has 2 aromatic carbocycles. The molecule has 0 aliphatic heterocycles. The van der Waals surface area contributed by atoms with Gasteiger partial charge in [-0.2, -0.15) is 4.49 Å². The van der Waals surface area contributed by atoms with Crippen molar-refractivity contribution in [2.45, 2.75) is 4.90 Å². The molecule has 1 aromatic heterocycles. The first kappa shape index (κ1) is 25.3. The van der Waals surface area contributed by atoms with Crippen molar-refractivity contribution in [2.24, 2.45) is 0 Å². The smallest absolute Gasteiger partial charge is 0.799 e. The van der Waals surface area contributed by atoms with Gasteiger partial charge >= 0.3 is 37.7 Å². The van der Waals surface area contributed by atoms with Gasteiger partial charge in [0, 0.05) is 19.0 Å². The van der Waals surface area contributed by atoms with E-state index in [1.54, 1.807) is 6.07 Å². The Morgan fingerprint density at radius 3 is 2.37 bits per heavy atom. The summed E-state index contributed by atoms with van der Waals surface area (Å²) in [5.41, 5.74) is 1.13. The molecule has 0 bridgehead atoms. The summed E-state index contributed by atoms with van der Waals surface area (Å²) in [6.07, 6.45) is 1.35. The van der Waals surface area contributed by atoms with Gasteiger partial charge in [-0.15, -0.1) is 0 Å². The van der Waals surface area contributed by atoms with Gasteiger partial charge in [-0.25, -0.2) is 17.8 Å². The number of sulfonamides is 1. The van der Waals surface area contributed by atoms with Crippen molar-refractivity contribution in [3.63, 3.8) is 0 Å². The fraction of sp³-hybridized carbons (Fsp3) is 0.0625. The van der Waals surface area contributed by atoms with E-state index in [1.165, 1.54) is 42.3 Å². The Hall–Kier alpha value is -1.01. The molecule has 0 spiro atoms. The maximum atomic E-state index is 14.1. The molecule has 14 heteroatoms. The Morgan fingerprint density at radius 1 is 1.20 bits per heavy atom. The van der Waals surface area contributed by atoms with E-state index in [2.05, 4.69) is 4.98 Å². The molecular formula is C16H12CaClFN3O6PS. The number of hydrogen-bond donors (Lipinski definition) is 1. The number of aromatic nitrogens is 2. The molecule has 0 fully saturated rings. The molecule has 154 valence electrons. The SMILES string of the molecule is COc1ccc(-c2c(Cl)ncn2-c2ccc(S(=O)(=O)NP(=O)([O-])[O-])cc2)cc1F.[Ca+2]. The van der Waals surface area contributed by atoms with Gasteiger partial charge in [0.25, 0.3) is 0 Å². The topological polar surface area (TPSA) is 136 Å². The zero-order chi connectivity index (χ0) is 21.4. The number of benzene rings is 2. The minimum atomic E-state index is -5.50. The number of imidazole rings is 1. The first-order chi connectivity index (χ1) is 13.5. The van der Waals surface area contributed by atoms with E-state index in [0.717, 1.165) is 16.6 Å². The van der Waals surface area contributed by atoms with Crippen molar-refractivity contribution in [3.05, 3.63) is 59.8 Å². The second-order valence-electron chi connectivity index (χ2n) is 5.69. The van der Waals surface area contributed by atoms with Crippen molar-refractivity contribution in [1.29, 1.82) is 0 Å². The van der Waals surface area contributed by atoms with Gasteiger partial charge in [-0.1, -0.05) is 11.6 Å². The maximum Gasteiger partial charge on any atom is 2.00 e. The van der Waals surface area contributed by atoms with Crippen molar-refractivity contribution < 1.29 is 31.9 Å². The van der Waals surface area contributed by atoms with E-state index < -0.39 is 28.5 Å². The number of halogens is 2. The monoisotopic (exact) mass is 499 g/mol. The second kappa shape index (κ2) is 9.64. The largest absolute Gasteiger partial charge is 2.00 e. The number of rotatable bonds is 6. The maximum absolute atomic E-state index is 14.1. The molecule has 0 amide bonds. The number of nitrogens with one attached hydrogen (secondary N) is 1. The molecule has 0 aliphatic rings. The van der Waals surface area contributed by atoms with Gasteiger partial charge in [0.2, 0.25) is 10.0 Å². The molecule has 0 saturated carbocycles. The number of nitrogens with zero attached hydrogens (tertiary/aromatic N) is 2. The zero-order valence-corrected chi connectivity index (χ0v) is 20.0. The molecule has 1 N–H and O–H groups in total. The van der Waals surface area contributed by atoms with E-state index in [4.69, 9.17) is 16.3 Å². The third kappa shape index (κ3) is 5.61. The predicted octanol–water partition coefficient (Wildman–Crippen LogP) is 1.07. The van der Waals surface area contributed by atoms with Crippen LogP contribution >= 0.6 is 19.3 Å². The Labute approximate surface area is 206 Å². The number of hydrogen-bond acceptors (Lipinski definition) is 7. The molecule has 0 radical (unpaired) electrons. The summed E-state index contributed by atoms with van der Waals surface area (Å²) in [4.78, 5) is 25.0. The molecule has 0 aliphatic carbocycles. The molecule has 30 heavy (non-hydrogen) atoms. The van der Waals surface area contributed by atoms with Crippen molar-refractivity contribution in [3.8, 4) is 22.7 Å². The van der Waals surface area contributed by atoms with Crippen LogP contribution in [-0.2, 0) is 14.6 Å². The summed E-state index contributed by atoms with van der Waals surface area (Å²) < 4.78 is 56.0. The van der Waals surface area contributed by atoms with Crippen LogP contribution in [0.15, 0.2) is 53.7 Å². The van der Waals surface area contributed by atoms with Crippen LogP contribution in [0.1, 0.15) is 0 Å². The van der Waals surface area contributed by atoms with Crippen LogP contribution in [-0.4, -0.2) is 62.8 Å². The van der Waals surface area contributed by atoms with Crippen molar-refractivity contribution >= 4 is 67.1 Å². The van der Waals surface area contributed by atoms with E-state index >= 15 is 0 Å². The summed E-state index contributed by atoms with van der Waals surface area (Å²) >= 11 is 6.14. The number of ether oxygens (including phenoxy) is 1. The average Bonchev–Trinajstić information content (AvgIpc) is 3.01. The van der Waals surface area contributed by atoms with Crippen molar-refractivity contribution in [1.82, 2.24) is 14.0 Å². The van der Waals surface area contributed by atoms with Crippen LogP contribution in [0.3, 0.4) is 0 Å². The fourth-order valence-corrected chi connectivity index (χ4v) is 4.92. The van der Waals surface area contributed by atoms with Gasteiger partial charge in [-0.3, -0.25) is 4.57 Å². The van der Waals surface area contributed by atoms with E-state index in [-0.39, 0.29) is 48.6 Å². The van der Waals surface area contributed by atoms with Gasteiger partial charge in [0.05, 0.1) is 17.7 Å². The molecule has 0 atom stereocenters. The van der Waals surface area contributed by atoms with Crippen LogP contribution in [0.2, 0.25) is 5.15 Å². The van der Waals surface area contributed by atoms with Gasteiger partial charge in [-0.05, 0) is 42.5 Å². The Balaban J connectivity index is 0.00000320. The predicted molar refractivity (Wildman–Crippen MR) is 104 cm³/mol. The van der Waals surface area contributed by atoms with E-state index in [0.29, 0.717) is 16.9 Å². The third-order valence-electron chi connectivity index (χ3n) is 3.81. The third-order valence-corrected chi connectivity index (χ3v) is 6.83. The minimum Gasteiger partial charge on any atom is -0.799 e. The zero-order valence-electron chi connectivity index (χ0n) is 15.3. The summed E-state index contributed by atoms with van der Waals surface area (Å²) in [6.45, 7) is 0. The minimum absolute atomic E-state index is 0. The molecular weight excluding hydrogens is 488 g/mol. The fourth-order valence-electron chi connectivity index (χ4n) is 2.58. The number of methoxy groups -OCH3 is 1. The van der Waals surface area contributed by atoms with Crippen LogP contribution in [0.25, 0.3) is 16.9 Å². The molecule has 3 rings (SSSR count). The average molecular weight is 500 g/mol. The summed E-state index contributed by atoms with van der Waals surface area (Å²) in [7, 11) is -8.70. The van der Waals surface area contributed by atoms with Crippen LogP contribution < -0.4 is 19.0 Å². The summed E-state index contributed by atoms with van der Waals surface area (Å²) in [5.74, 6) is -0.562. The van der Waals surface area contributed by atoms with Gasteiger partial charge in [0.15, 0.2) is 16.7 Å². The second-order valence-corrected chi connectivity index (χ2v) is 9.25.